The fourth-order valence-corrected chi connectivity index (χ4v) is 2.62. The predicted octanol–water partition coefficient (Wildman–Crippen LogP) is 3.31. The van der Waals surface area contributed by atoms with E-state index in [4.69, 9.17) is 21.4 Å². The first kappa shape index (κ1) is 13.0. The van der Waals surface area contributed by atoms with Crippen LogP contribution in [0.2, 0.25) is 5.02 Å². The molecule has 0 aliphatic heterocycles. The number of carboxylic acid groups (broad SMARTS) is 1. The summed E-state index contributed by atoms with van der Waals surface area (Å²) in [6.45, 7) is 0. The second-order valence-electron chi connectivity index (χ2n) is 4.82. The molecule has 0 unspecified atom stereocenters. The first-order valence-electron chi connectivity index (χ1n) is 6.26. The van der Waals surface area contributed by atoms with Crippen molar-refractivity contribution in [3.63, 3.8) is 0 Å². The van der Waals surface area contributed by atoms with Crippen molar-refractivity contribution in [2.24, 2.45) is 0 Å². The molecule has 1 aromatic heterocycles. The number of carbonyl (C=O) groups is 1. The highest BCUT2D eigenvalue weighted by Gasteiger charge is 2.29. The van der Waals surface area contributed by atoms with Crippen LogP contribution >= 0.6 is 11.6 Å². The van der Waals surface area contributed by atoms with Gasteiger partial charge in [0.15, 0.2) is 0 Å². The van der Waals surface area contributed by atoms with E-state index in [1.165, 1.54) is 6.07 Å². The first-order valence-corrected chi connectivity index (χ1v) is 6.64. The van der Waals surface area contributed by atoms with Crippen molar-refractivity contribution in [3.8, 4) is 17.0 Å². The SMILES string of the molecule is COc1cc(-c2cc(C(=O)O)[nH]n2)cc(Cl)c1C1CC1. The van der Waals surface area contributed by atoms with Gasteiger partial charge in [0.1, 0.15) is 11.4 Å². The highest BCUT2D eigenvalue weighted by atomic mass is 35.5. The lowest BCUT2D eigenvalue weighted by Crippen LogP contribution is -1.95. The number of aromatic amines is 1. The molecule has 20 heavy (non-hydrogen) atoms. The topological polar surface area (TPSA) is 75.2 Å². The summed E-state index contributed by atoms with van der Waals surface area (Å²) in [6, 6.07) is 5.13. The van der Waals surface area contributed by atoms with E-state index in [-0.39, 0.29) is 5.69 Å². The molecule has 2 aromatic rings. The highest BCUT2D eigenvalue weighted by molar-refractivity contribution is 6.32. The minimum absolute atomic E-state index is 0.0429. The van der Waals surface area contributed by atoms with Crippen LogP contribution in [0.25, 0.3) is 11.3 Å². The summed E-state index contributed by atoms with van der Waals surface area (Å²) in [5, 5.41) is 16.0. The average Bonchev–Trinajstić information content (AvgIpc) is 3.12. The van der Waals surface area contributed by atoms with E-state index in [0.29, 0.717) is 16.6 Å². The molecule has 0 atom stereocenters. The third-order valence-corrected chi connectivity index (χ3v) is 3.71. The second kappa shape index (κ2) is 4.83. The van der Waals surface area contributed by atoms with Crippen LogP contribution in [0.5, 0.6) is 5.75 Å². The van der Waals surface area contributed by atoms with Crippen LogP contribution < -0.4 is 4.74 Å². The molecule has 0 saturated heterocycles. The van der Waals surface area contributed by atoms with Gasteiger partial charge >= 0.3 is 5.97 Å². The minimum Gasteiger partial charge on any atom is -0.496 e. The number of carboxylic acids is 1. The molecule has 104 valence electrons. The molecule has 0 spiro atoms. The number of rotatable bonds is 4. The Balaban J connectivity index is 2.05. The third-order valence-electron chi connectivity index (χ3n) is 3.40. The summed E-state index contributed by atoms with van der Waals surface area (Å²) >= 11 is 6.33. The van der Waals surface area contributed by atoms with Crippen molar-refractivity contribution < 1.29 is 14.6 Å². The zero-order valence-corrected chi connectivity index (χ0v) is 11.6. The first-order chi connectivity index (χ1) is 9.60. The van der Waals surface area contributed by atoms with Gasteiger partial charge in [-0.2, -0.15) is 5.10 Å². The monoisotopic (exact) mass is 292 g/mol. The van der Waals surface area contributed by atoms with Crippen molar-refractivity contribution in [1.29, 1.82) is 0 Å². The molecule has 3 rings (SSSR count). The molecule has 1 heterocycles. The summed E-state index contributed by atoms with van der Waals surface area (Å²) in [4.78, 5) is 10.9. The summed E-state index contributed by atoms with van der Waals surface area (Å²) in [5.74, 6) is 0.159. The molecule has 1 saturated carbocycles. The van der Waals surface area contributed by atoms with Crippen LogP contribution in [0.4, 0.5) is 0 Å². The van der Waals surface area contributed by atoms with Crippen molar-refractivity contribution in [1.82, 2.24) is 10.2 Å². The molecule has 1 aromatic carbocycles. The zero-order valence-electron chi connectivity index (χ0n) is 10.8. The lowest BCUT2D eigenvalue weighted by Gasteiger charge is -2.11. The number of hydrogen-bond acceptors (Lipinski definition) is 3. The van der Waals surface area contributed by atoms with Crippen LogP contribution in [0.1, 0.15) is 34.8 Å². The van der Waals surface area contributed by atoms with Gasteiger partial charge in [0.2, 0.25) is 0 Å². The Morgan fingerprint density at radius 1 is 1.45 bits per heavy atom. The Labute approximate surface area is 120 Å². The third kappa shape index (κ3) is 2.25. The van der Waals surface area contributed by atoms with Crippen LogP contribution in [0, 0.1) is 0 Å². The molecule has 1 aliphatic carbocycles. The molecule has 0 radical (unpaired) electrons. The highest BCUT2D eigenvalue weighted by Crippen LogP contribution is 2.48. The lowest BCUT2D eigenvalue weighted by molar-refractivity contribution is 0.0690. The number of hydrogen-bond donors (Lipinski definition) is 2. The van der Waals surface area contributed by atoms with E-state index >= 15 is 0 Å². The predicted molar refractivity (Wildman–Crippen MR) is 74.5 cm³/mol. The number of methoxy groups -OCH3 is 1. The van der Waals surface area contributed by atoms with Gasteiger partial charge in [0.05, 0.1) is 12.8 Å². The number of aromatic nitrogens is 2. The van der Waals surface area contributed by atoms with E-state index < -0.39 is 5.97 Å². The fourth-order valence-electron chi connectivity index (χ4n) is 2.26. The molecule has 0 amide bonds. The van der Waals surface area contributed by atoms with Gasteiger partial charge in [-0.1, -0.05) is 11.6 Å². The maximum absolute atomic E-state index is 10.9. The van der Waals surface area contributed by atoms with Gasteiger partial charge in [-0.15, -0.1) is 0 Å². The van der Waals surface area contributed by atoms with Crippen LogP contribution in [0.15, 0.2) is 18.2 Å². The summed E-state index contributed by atoms with van der Waals surface area (Å²) < 4.78 is 5.41. The Kier molecular flexibility index (Phi) is 3.14. The number of ether oxygens (including phenoxy) is 1. The van der Waals surface area contributed by atoms with Crippen molar-refractivity contribution in [2.75, 3.05) is 7.11 Å². The molecule has 0 bridgehead atoms. The molecule has 1 aliphatic rings. The minimum atomic E-state index is -1.04. The molecular weight excluding hydrogens is 280 g/mol. The summed E-state index contributed by atoms with van der Waals surface area (Å²) in [5.41, 5.74) is 2.35. The van der Waals surface area contributed by atoms with Gasteiger partial charge in [-0.05, 0) is 37.0 Å². The van der Waals surface area contributed by atoms with Gasteiger partial charge in [0, 0.05) is 16.1 Å². The van der Waals surface area contributed by atoms with Crippen molar-refractivity contribution in [3.05, 3.63) is 34.5 Å². The van der Waals surface area contributed by atoms with Crippen molar-refractivity contribution in [2.45, 2.75) is 18.8 Å². The van der Waals surface area contributed by atoms with Crippen LogP contribution in [-0.2, 0) is 0 Å². The van der Waals surface area contributed by atoms with Gasteiger partial charge in [-0.3, -0.25) is 5.10 Å². The largest absolute Gasteiger partial charge is 0.496 e. The zero-order chi connectivity index (χ0) is 14.3. The Hall–Kier alpha value is -2.01. The van der Waals surface area contributed by atoms with Gasteiger partial charge in [-0.25, -0.2) is 4.79 Å². The Morgan fingerprint density at radius 2 is 2.20 bits per heavy atom. The van der Waals surface area contributed by atoms with Crippen LogP contribution in [-0.4, -0.2) is 28.4 Å². The van der Waals surface area contributed by atoms with Crippen LogP contribution in [0.3, 0.4) is 0 Å². The quantitative estimate of drug-likeness (QED) is 0.906. The number of benzene rings is 1. The Bertz CT molecular complexity index is 677. The number of H-pyrrole nitrogens is 1. The van der Waals surface area contributed by atoms with E-state index in [2.05, 4.69) is 10.2 Å². The number of halogens is 1. The second-order valence-corrected chi connectivity index (χ2v) is 5.23. The molecule has 6 heteroatoms. The maximum atomic E-state index is 10.9. The lowest BCUT2D eigenvalue weighted by atomic mass is 10.0. The Morgan fingerprint density at radius 3 is 2.75 bits per heavy atom. The van der Waals surface area contributed by atoms with Gasteiger partial charge < -0.3 is 9.84 Å². The number of nitrogens with one attached hydrogen (secondary N) is 1. The van der Waals surface area contributed by atoms with E-state index in [1.807, 2.05) is 6.07 Å². The maximum Gasteiger partial charge on any atom is 0.353 e. The normalized spacial score (nSPS) is 14.3. The number of nitrogens with zero attached hydrogens (tertiary/aromatic N) is 1. The molecule has 2 N–H and O–H groups in total. The van der Waals surface area contributed by atoms with E-state index in [1.54, 1.807) is 13.2 Å². The summed E-state index contributed by atoms with van der Waals surface area (Å²) in [7, 11) is 1.61. The fraction of sp³-hybridized carbons (Fsp3) is 0.286. The smallest absolute Gasteiger partial charge is 0.353 e. The average molecular weight is 293 g/mol. The molecule has 5 nitrogen and oxygen atoms in total. The van der Waals surface area contributed by atoms with Crippen molar-refractivity contribution >= 4 is 17.6 Å². The van der Waals surface area contributed by atoms with Gasteiger partial charge in [0.25, 0.3) is 0 Å². The molecule has 1 fully saturated rings. The standard InChI is InChI=1S/C14H13ClN2O3/c1-20-12-5-8(4-9(15)13(12)7-2-3-7)10-6-11(14(18)19)17-16-10/h4-7H,2-3H2,1H3,(H,16,17)(H,18,19). The summed E-state index contributed by atoms with van der Waals surface area (Å²) in [6.07, 6.45) is 2.25. The molecular formula is C14H13ClN2O3. The van der Waals surface area contributed by atoms with E-state index in [0.717, 1.165) is 29.7 Å². The number of aromatic carboxylic acids is 1. The van der Waals surface area contributed by atoms with E-state index in [9.17, 15) is 4.79 Å².